The van der Waals surface area contributed by atoms with Crippen LogP contribution in [0.15, 0.2) is 18.3 Å². The Bertz CT molecular complexity index is 694. The lowest BCUT2D eigenvalue weighted by molar-refractivity contribution is -0.141. The van der Waals surface area contributed by atoms with E-state index in [9.17, 15) is 21.6 Å². The third kappa shape index (κ3) is 4.53. The van der Waals surface area contributed by atoms with Gasteiger partial charge in [0, 0.05) is 25.8 Å². The molecule has 0 unspecified atom stereocenters. The molecule has 2 fully saturated rings. The maximum atomic E-state index is 12.5. The van der Waals surface area contributed by atoms with Gasteiger partial charge in [-0.1, -0.05) is 13.0 Å². The summed E-state index contributed by atoms with van der Waals surface area (Å²) in [5, 5.41) is 0. The van der Waals surface area contributed by atoms with E-state index in [0.29, 0.717) is 23.8 Å². The van der Waals surface area contributed by atoms with Crippen LogP contribution in [0.1, 0.15) is 31.0 Å². The van der Waals surface area contributed by atoms with Gasteiger partial charge >= 0.3 is 6.18 Å². The molecule has 4 nitrogen and oxygen atoms in total. The molecule has 3 rings (SSSR count). The number of sulfone groups is 1. The fraction of sp³-hybridized carbons (Fsp3) is 0.706. The van der Waals surface area contributed by atoms with Gasteiger partial charge in [0.15, 0.2) is 0 Å². The highest BCUT2D eigenvalue weighted by Gasteiger charge is 2.46. The molecule has 3 heterocycles. The molecule has 0 saturated carbocycles. The molecule has 0 N–H and O–H groups in total. The van der Waals surface area contributed by atoms with E-state index in [-0.39, 0.29) is 5.41 Å². The van der Waals surface area contributed by atoms with Crippen LogP contribution in [0.25, 0.3) is 0 Å². The monoisotopic (exact) mass is 376 g/mol. The standard InChI is InChI=1S/C17H23F3N2O2S/c1-13(8-14-2-3-15(21-9-14)17(18,19)20)10-22-11-16(12-22)4-6-25(23,24)7-5-16/h2-3,9,13H,4-8,10-12H2,1H3/t13-/m0/s1. The lowest BCUT2D eigenvalue weighted by atomic mass is 9.74. The molecule has 1 aromatic rings. The molecule has 8 heteroatoms. The van der Waals surface area contributed by atoms with E-state index in [1.165, 1.54) is 12.3 Å². The van der Waals surface area contributed by atoms with Gasteiger partial charge in [-0.2, -0.15) is 13.2 Å². The molecule has 1 aromatic heterocycles. The van der Waals surface area contributed by atoms with Crippen molar-refractivity contribution in [2.45, 2.75) is 32.4 Å². The van der Waals surface area contributed by atoms with E-state index < -0.39 is 21.7 Å². The number of likely N-dealkylation sites (tertiary alicyclic amines) is 1. The maximum absolute atomic E-state index is 12.5. The van der Waals surface area contributed by atoms with Crippen LogP contribution in [0, 0.1) is 11.3 Å². The van der Waals surface area contributed by atoms with Crippen molar-refractivity contribution in [1.29, 1.82) is 0 Å². The Labute approximate surface area is 146 Å². The van der Waals surface area contributed by atoms with Crippen molar-refractivity contribution in [1.82, 2.24) is 9.88 Å². The van der Waals surface area contributed by atoms with Gasteiger partial charge in [0.05, 0.1) is 11.5 Å². The van der Waals surface area contributed by atoms with Crippen LogP contribution in [-0.4, -0.2) is 49.4 Å². The Hall–Kier alpha value is -1.15. The first-order chi connectivity index (χ1) is 11.6. The fourth-order valence-electron chi connectivity index (χ4n) is 3.94. The van der Waals surface area contributed by atoms with Crippen LogP contribution in [0.5, 0.6) is 0 Å². The van der Waals surface area contributed by atoms with Crippen LogP contribution in [0.3, 0.4) is 0 Å². The fourth-order valence-corrected chi connectivity index (χ4v) is 5.63. The largest absolute Gasteiger partial charge is 0.433 e. The first-order valence-electron chi connectivity index (χ1n) is 8.52. The normalized spacial score (nSPS) is 24.0. The minimum absolute atomic E-state index is 0.168. The summed E-state index contributed by atoms with van der Waals surface area (Å²) in [5.41, 5.74) is 0.112. The highest BCUT2D eigenvalue weighted by molar-refractivity contribution is 7.91. The summed E-state index contributed by atoms with van der Waals surface area (Å²) < 4.78 is 60.6. The van der Waals surface area contributed by atoms with Gasteiger partial charge < -0.3 is 4.90 Å². The van der Waals surface area contributed by atoms with Crippen LogP contribution in [-0.2, 0) is 22.4 Å². The zero-order valence-electron chi connectivity index (χ0n) is 14.2. The van der Waals surface area contributed by atoms with E-state index in [1.807, 2.05) is 0 Å². The minimum Gasteiger partial charge on any atom is -0.302 e. The number of aromatic nitrogens is 1. The van der Waals surface area contributed by atoms with Gasteiger partial charge in [-0.15, -0.1) is 0 Å². The van der Waals surface area contributed by atoms with Crippen LogP contribution < -0.4 is 0 Å². The van der Waals surface area contributed by atoms with Crippen molar-refractivity contribution in [3.05, 3.63) is 29.6 Å². The lowest BCUT2D eigenvalue weighted by Gasteiger charge is -2.53. The molecule has 1 spiro atoms. The minimum atomic E-state index is -4.40. The molecular formula is C17H23F3N2O2S. The maximum Gasteiger partial charge on any atom is 0.433 e. The van der Waals surface area contributed by atoms with Crippen molar-refractivity contribution < 1.29 is 21.6 Å². The second kappa shape index (κ2) is 6.54. The first-order valence-corrected chi connectivity index (χ1v) is 10.3. The Morgan fingerprint density at radius 1 is 1.24 bits per heavy atom. The quantitative estimate of drug-likeness (QED) is 0.811. The molecule has 0 amide bonds. The Kier molecular flexibility index (Phi) is 4.87. The molecule has 2 aliphatic rings. The van der Waals surface area contributed by atoms with E-state index in [1.54, 1.807) is 0 Å². The zero-order chi connectivity index (χ0) is 18.3. The number of rotatable bonds is 4. The predicted molar refractivity (Wildman–Crippen MR) is 88.9 cm³/mol. The van der Waals surface area contributed by atoms with Crippen molar-refractivity contribution in [3.63, 3.8) is 0 Å². The molecular weight excluding hydrogens is 353 g/mol. The summed E-state index contributed by atoms with van der Waals surface area (Å²) in [6.45, 7) is 4.81. The third-order valence-electron chi connectivity index (χ3n) is 5.27. The van der Waals surface area contributed by atoms with Gasteiger partial charge in [-0.3, -0.25) is 4.98 Å². The van der Waals surface area contributed by atoms with Crippen LogP contribution in [0.2, 0.25) is 0 Å². The van der Waals surface area contributed by atoms with Gasteiger partial charge in [0.2, 0.25) is 0 Å². The second-order valence-electron chi connectivity index (χ2n) is 7.68. The molecule has 0 aliphatic carbocycles. The lowest BCUT2D eigenvalue weighted by Crippen LogP contribution is -2.59. The summed E-state index contributed by atoms with van der Waals surface area (Å²) in [6.07, 6.45) is -0.901. The summed E-state index contributed by atoms with van der Waals surface area (Å²) in [5.74, 6) is 0.907. The summed E-state index contributed by atoms with van der Waals surface area (Å²) in [4.78, 5) is 5.82. The second-order valence-corrected chi connectivity index (χ2v) is 9.98. The van der Waals surface area contributed by atoms with E-state index in [2.05, 4.69) is 16.8 Å². The Balaban J connectivity index is 1.46. The van der Waals surface area contributed by atoms with Crippen LogP contribution >= 0.6 is 0 Å². The van der Waals surface area contributed by atoms with E-state index in [0.717, 1.165) is 44.1 Å². The van der Waals surface area contributed by atoms with E-state index in [4.69, 9.17) is 0 Å². The number of pyridine rings is 1. The van der Waals surface area contributed by atoms with Gasteiger partial charge in [0.25, 0.3) is 0 Å². The van der Waals surface area contributed by atoms with Crippen molar-refractivity contribution >= 4 is 9.84 Å². The zero-order valence-corrected chi connectivity index (χ0v) is 15.0. The molecule has 2 aliphatic heterocycles. The predicted octanol–water partition coefficient (Wildman–Crippen LogP) is 2.79. The topological polar surface area (TPSA) is 50.3 Å². The van der Waals surface area contributed by atoms with E-state index >= 15 is 0 Å². The van der Waals surface area contributed by atoms with Gasteiger partial charge in [-0.25, -0.2) is 8.42 Å². The molecule has 2 saturated heterocycles. The Morgan fingerprint density at radius 2 is 1.88 bits per heavy atom. The average molecular weight is 376 g/mol. The third-order valence-corrected chi connectivity index (χ3v) is 6.93. The molecule has 0 bridgehead atoms. The van der Waals surface area contributed by atoms with Gasteiger partial charge in [-0.05, 0) is 42.2 Å². The summed E-state index contributed by atoms with van der Waals surface area (Å²) >= 11 is 0. The summed E-state index contributed by atoms with van der Waals surface area (Å²) in [7, 11) is -2.83. The number of hydrogen-bond donors (Lipinski definition) is 0. The number of halogens is 3. The number of nitrogens with zero attached hydrogens (tertiary/aromatic N) is 2. The summed E-state index contributed by atoms with van der Waals surface area (Å²) in [6, 6.07) is 2.53. The highest BCUT2D eigenvalue weighted by Crippen LogP contribution is 2.41. The SMILES string of the molecule is C[C@@H](Cc1ccc(C(F)(F)F)nc1)CN1CC2(CCS(=O)(=O)CC2)C1. The van der Waals surface area contributed by atoms with Gasteiger partial charge in [0.1, 0.15) is 15.5 Å². The molecule has 140 valence electrons. The first kappa shape index (κ1) is 18.6. The Morgan fingerprint density at radius 3 is 2.40 bits per heavy atom. The molecule has 0 aromatic carbocycles. The molecule has 0 radical (unpaired) electrons. The van der Waals surface area contributed by atoms with Crippen LogP contribution in [0.4, 0.5) is 13.2 Å². The number of hydrogen-bond acceptors (Lipinski definition) is 4. The molecule has 1 atom stereocenters. The molecule has 25 heavy (non-hydrogen) atoms. The average Bonchev–Trinajstić information content (AvgIpc) is 2.47. The van der Waals surface area contributed by atoms with Crippen molar-refractivity contribution in [2.24, 2.45) is 11.3 Å². The van der Waals surface area contributed by atoms with Crippen molar-refractivity contribution in [3.8, 4) is 0 Å². The van der Waals surface area contributed by atoms with Crippen molar-refractivity contribution in [2.75, 3.05) is 31.1 Å². The number of alkyl halides is 3. The highest BCUT2D eigenvalue weighted by atomic mass is 32.2. The smallest absolute Gasteiger partial charge is 0.302 e.